The van der Waals surface area contributed by atoms with Gasteiger partial charge in [0, 0.05) is 17.6 Å². The summed E-state index contributed by atoms with van der Waals surface area (Å²) >= 11 is 0. The zero-order valence-electron chi connectivity index (χ0n) is 14.7. The number of nitrogens with zero attached hydrogens (tertiary/aromatic N) is 1. The predicted molar refractivity (Wildman–Crippen MR) is 89.2 cm³/mol. The quantitative estimate of drug-likeness (QED) is 0.577. The summed E-state index contributed by atoms with van der Waals surface area (Å²) in [6, 6.07) is 1.08. The van der Waals surface area contributed by atoms with Gasteiger partial charge in [0.05, 0.1) is 6.61 Å². The molecule has 122 valence electrons. The minimum atomic E-state index is -0.139. The molecular weight excluding hydrogens is 248 g/mol. The minimum Gasteiger partial charge on any atom is -0.394 e. The molecule has 0 saturated carbocycles. The summed E-state index contributed by atoms with van der Waals surface area (Å²) < 4.78 is 0. The maximum absolute atomic E-state index is 9.62. The first-order chi connectivity index (χ1) is 9.38. The van der Waals surface area contributed by atoms with Gasteiger partial charge in [-0.05, 0) is 52.6 Å². The maximum Gasteiger partial charge on any atom is 0.0610 e. The van der Waals surface area contributed by atoms with Gasteiger partial charge >= 0.3 is 0 Å². The van der Waals surface area contributed by atoms with Crippen molar-refractivity contribution in [3.05, 3.63) is 0 Å². The number of rotatable bonds is 12. The second kappa shape index (κ2) is 10.6. The lowest BCUT2D eigenvalue weighted by Crippen LogP contribution is -2.49. The first-order valence-corrected chi connectivity index (χ1v) is 8.51. The highest BCUT2D eigenvalue weighted by Gasteiger charge is 2.24. The van der Waals surface area contributed by atoms with E-state index in [0.29, 0.717) is 12.1 Å². The molecule has 0 amide bonds. The van der Waals surface area contributed by atoms with Gasteiger partial charge in [-0.1, -0.05) is 34.1 Å². The molecule has 0 saturated heterocycles. The van der Waals surface area contributed by atoms with Crippen molar-refractivity contribution in [3.8, 4) is 0 Å². The van der Waals surface area contributed by atoms with E-state index in [1.807, 2.05) is 0 Å². The third-order valence-corrected chi connectivity index (χ3v) is 4.17. The Labute approximate surface area is 127 Å². The van der Waals surface area contributed by atoms with Gasteiger partial charge in [0.25, 0.3) is 0 Å². The Bertz CT molecular complexity index is 233. The van der Waals surface area contributed by atoms with Gasteiger partial charge in [-0.15, -0.1) is 0 Å². The van der Waals surface area contributed by atoms with Crippen LogP contribution in [0.15, 0.2) is 0 Å². The summed E-state index contributed by atoms with van der Waals surface area (Å²) in [4.78, 5) is 2.61. The van der Waals surface area contributed by atoms with Gasteiger partial charge in [-0.3, -0.25) is 0 Å². The van der Waals surface area contributed by atoms with Gasteiger partial charge in [0.2, 0.25) is 0 Å². The van der Waals surface area contributed by atoms with E-state index < -0.39 is 0 Å². The lowest BCUT2D eigenvalue weighted by molar-refractivity contribution is 0.140. The SMILES string of the molecule is CCCCN(CCCC(C)(CO)NC(C)C)C(C)CC. The van der Waals surface area contributed by atoms with E-state index in [1.165, 1.54) is 25.8 Å². The van der Waals surface area contributed by atoms with Crippen molar-refractivity contribution in [2.75, 3.05) is 19.7 Å². The average Bonchev–Trinajstić information content (AvgIpc) is 2.41. The maximum atomic E-state index is 9.62. The molecule has 0 spiro atoms. The van der Waals surface area contributed by atoms with Crippen LogP contribution in [0.2, 0.25) is 0 Å². The van der Waals surface area contributed by atoms with Crippen molar-refractivity contribution in [3.63, 3.8) is 0 Å². The largest absolute Gasteiger partial charge is 0.394 e. The molecule has 3 heteroatoms. The monoisotopic (exact) mass is 286 g/mol. The first-order valence-electron chi connectivity index (χ1n) is 8.51. The Morgan fingerprint density at radius 1 is 1.10 bits per heavy atom. The summed E-state index contributed by atoms with van der Waals surface area (Å²) in [6.07, 6.45) is 5.93. The van der Waals surface area contributed by atoms with Crippen LogP contribution in [0.25, 0.3) is 0 Å². The number of hydrogen-bond donors (Lipinski definition) is 2. The highest BCUT2D eigenvalue weighted by Crippen LogP contribution is 2.15. The van der Waals surface area contributed by atoms with Crippen LogP contribution in [0.3, 0.4) is 0 Å². The summed E-state index contributed by atoms with van der Waals surface area (Å²) in [5.41, 5.74) is -0.139. The van der Waals surface area contributed by atoms with Gasteiger partial charge in [-0.2, -0.15) is 0 Å². The van der Waals surface area contributed by atoms with Crippen molar-refractivity contribution >= 4 is 0 Å². The van der Waals surface area contributed by atoms with Gasteiger partial charge in [-0.25, -0.2) is 0 Å². The van der Waals surface area contributed by atoms with Crippen molar-refractivity contribution in [2.45, 2.75) is 91.3 Å². The second-order valence-electron chi connectivity index (χ2n) is 6.77. The van der Waals surface area contributed by atoms with Crippen molar-refractivity contribution in [1.29, 1.82) is 0 Å². The standard InChI is InChI=1S/C17H38N2O/c1-7-9-12-19(16(5)8-2)13-10-11-17(6,14-20)18-15(3)4/h15-16,18,20H,7-14H2,1-6H3. The van der Waals surface area contributed by atoms with E-state index >= 15 is 0 Å². The van der Waals surface area contributed by atoms with E-state index in [1.54, 1.807) is 0 Å². The van der Waals surface area contributed by atoms with E-state index in [0.717, 1.165) is 19.4 Å². The molecule has 0 radical (unpaired) electrons. The molecular formula is C17H38N2O. The Kier molecular flexibility index (Phi) is 10.5. The van der Waals surface area contributed by atoms with E-state index in [4.69, 9.17) is 0 Å². The number of nitrogens with one attached hydrogen (secondary N) is 1. The molecule has 0 aromatic heterocycles. The van der Waals surface area contributed by atoms with Crippen LogP contribution in [-0.4, -0.2) is 47.3 Å². The molecule has 3 nitrogen and oxygen atoms in total. The highest BCUT2D eigenvalue weighted by atomic mass is 16.3. The van der Waals surface area contributed by atoms with Gasteiger partial charge in [0.1, 0.15) is 0 Å². The smallest absolute Gasteiger partial charge is 0.0610 e. The molecule has 0 aliphatic carbocycles. The Balaban J connectivity index is 4.25. The molecule has 0 bridgehead atoms. The molecule has 0 aliphatic heterocycles. The van der Waals surface area contributed by atoms with Crippen LogP contribution >= 0.6 is 0 Å². The van der Waals surface area contributed by atoms with Crippen LogP contribution in [0.4, 0.5) is 0 Å². The van der Waals surface area contributed by atoms with Crippen molar-refractivity contribution in [1.82, 2.24) is 10.2 Å². The fourth-order valence-electron chi connectivity index (χ4n) is 2.74. The zero-order chi connectivity index (χ0) is 15.6. The van der Waals surface area contributed by atoms with Crippen LogP contribution in [-0.2, 0) is 0 Å². The van der Waals surface area contributed by atoms with E-state index in [2.05, 4.69) is 51.8 Å². The van der Waals surface area contributed by atoms with Crippen LogP contribution in [0.1, 0.15) is 73.6 Å². The zero-order valence-corrected chi connectivity index (χ0v) is 14.7. The molecule has 2 unspecified atom stereocenters. The molecule has 0 aliphatic rings. The minimum absolute atomic E-state index is 0.139. The van der Waals surface area contributed by atoms with E-state index in [-0.39, 0.29) is 12.1 Å². The van der Waals surface area contributed by atoms with Crippen LogP contribution in [0.5, 0.6) is 0 Å². The number of aliphatic hydroxyl groups excluding tert-OH is 1. The molecule has 2 atom stereocenters. The molecule has 0 heterocycles. The topological polar surface area (TPSA) is 35.5 Å². The molecule has 0 aromatic carbocycles. The van der Waals surface area contributed by atoms with Crippen LogP contribution in [0, 0.1) is 0 Å². The molecule has 2 N–H and O–H groups in total. The number of aliphatic hydroxyl groups is 1. The Morgan fingerprint density at radius 2 is 1.70 bits per heavy atom. The summed E-state index contributed by atoms with van der Waals surface area (Å²) in [5.74, 6) is 0. The van der Waals surface area contributed by atoms with Crippen molar-refractivity contribution in [2.24, 2.45) is 0 Å². The normalized spacial score (nSPS) is 16.6. The third-order valence-electron chi connectivity index (χ3n) is 4.17. The van der Waals surface area contributed by atoms with Gasteiger partial charge in [0.15, 0.2) is 0 Å². The number of unbranched alkanes of at least 4 members (excludes halogenated alkanes) is 1. The molecule has 0 fully saturated rings. The number of hydrogen-bond acceptors (Lipinski definition) is 3. The highest BCUT2D eigenvalue weighted by molar-refractivity contribution is 4.84. The van der Waals surface area contributed by atoms with Gasteiger partial charge < -0.3 is 15.3 Å². The summed E-state index contributed by atoms with van der Waals surface area (Å²) in [5, 5.41) is 13.1. The predicted octanol–water partition coefficient (Wildman–Crippen LogP) is 3.42. The lowest BCUT2D eigenvalue weighted by Gasteiger charge is -2.33. The summed E-state index contributed by atoms with van der Waals surface area (Å²) in [6.45, 7) is 15.8. The molecule has 0 rings (SSSR count). The van der Waals surface area contributed by atoms with E-state index in [9.17, 15) is 5.11 Å². The lowest BCUT2D eigenvalue weighted by atomic mass is 9.95. The fourth-order valence-corrected chi connectivity index (χ4v) is 2.74. The molecule has 20 heavy (non-hydrogen) atoms. The molecule has 0 aromatic rings. The third kappa shape index (κ3) is 8.23. The average molecular weight is 287 g/mol. The fraction of sp³-hybridized carbons (Fsp3) is 1.00. The van der Waals surface area contributed by atoms with Crippen molar-refractivity contribution < 1.29 is 5.11 Å². The first kappa shape index (κ1) is 19.9. The summed E-state index contributed by atoms with van der Waals surface area (Å²) in [7, 11) is 0. The second-order valence-corrected chi connectivity index (χ2v) is 6.77. The van der Waals surface area contributed by atoms with Crippen LogP contribution < -0.4 is 5.32 Å². The Morgan fingerprint density at radius 3 is 2.15 bits per heavy atom. The Hall–Kier alpha value is -0.120.